The topological polar surface area (TPSA) is 37.8 Å². The highest BCUT2D eigenvalue weighted by Gasteiger charge is 2.07. The first-order chi connectivity index (χ1) is 10.3. The highest BCUT2D eigenvalue weighted by atomic mass is 16.1. The van der Waals surface area contributed by atoms with E-state index in [9.17, 15) is 4.79 Å². The number of nitrogens with one attached hydrogen (secondary N) is 1. The summed E-state index contributed by atoms with van der Waals surface area (Å²) in [6, 6.07) is 17.9. The first-order valence-electron chi connectivity index (χ1n) is 6.96. The number of nitrogens with zero attached hydrogens (tertiary/aromatic N) is 1. The zero-order valence-corrected chi connectivity index (χ0v) is 11.4. The van der Waals surface area contributed by atoms with E-state index in [0.717, 1.165) is 28.4 Å². The Labute approximate surface area is 121 Å². The molecule has 2 aromatic carbocycles. The monoisotopic (exact) mass is 274 g/mol. The van der Waals surface area contributed by atoms with Gasteiger partial charge in [-0.25, -0.2) is 0 Å². The van der Waals surface area contributed by atoms with Crippen molar-refractivity contribution < 1.29 is 0 Å². The van der Waals surface area contributed by atoms with E-state index in [0.29, 0.717) is 0 Å². The van der Waals surface area contributed by atoms with Crippen molar-refractivity contribution in [1.82, 2.24) is 9.55 Å². The highest BCUT2D eigenvalue weighted by molar-refractivity contribution is 5.92. The molecule has 2 heterocycles. The molecule has 0 radical (unpaired) electrons. The summed E-state index contributed by atoms with van der Waals surface area (Å²) in [4.78, 5) is 15.9. The number of hydrogen-bond acceptors (Lipinski definition) is 1. The van der Waals surface area contributed by atoms with Crippen LogP contribution in [0.25, 0.3) is 21.8 Å². The summed E-state index contributed by atoms with van der Waals surface area (Å²) in [7, 11) is 0. The molecule has 4 rings (SSSR count). The summed E-state index contributed by atoms with van der Waals surface area (Å²) in [5, 5.41) is 1.48. The maximum atomic E-state index is 12.5. The minimum Gasteiger partial charge on any atom is -0.353 e. The number of aromatic amines is 1. The largest absolute Gasteiger partial charge is 0.353 e. The molecule has 0 aliphatic heterocycles. The van der Waals surface area contributed by atoms with Gasteiger partial charge in [0.2, 0.25) is 0 Å². The van der Waals surface area contributed by atoms with Crippen LogP contribution in [0.1, 0.15) is 5.56 Å². The second-order valence-corrected chi connectivity index (χ2v) is 5.24. The van der Waals surface area contributed by atoms with E-state index in [2.05, 4.69) is 21.7 Å². The third-order valence-corrected chi connectivity index (χ3v) is 3.77. The Morgan fingerprint density at radius 2 is 1.57 bits per heavy atom. The number of pyridine rings is 1. The van der Waals surface area contributed by atoms with Crippen molar-refractivity contribution in [3.8, 4) is 0 Å². The Balaban J connectivity index is 1.88. The normalized spacial score (nSPS) is 11.2. The number of benzene rings is 2. The fourth-order valence-corrected chi connectivity index (χ4v) is 2.75. The zero-order valence-electron chi connectivity index (χ0n) is 11.4. The molecule has 0 bridgehead atoms. The Bertz CT molecular complexity index is 980. The lowest BCUT2D eigenvalue weighted by Crippen LogP contribution is -2.02. The van der Waals surface area contributed by atoms with Gasteiger partial charge < -0.3 is 9.55 Å². The molecule has 0 spiro atoms. The van der Waals surface area contributed by atoms with E-state index in [4.69, 9.17) is 0 Å². The number of hydrogen-bond donors (Lipinski definition) is 1. The first kappa shape index (κ1) is 12.0. The predicted molar refractivity (Wildman–Crippen MR) is 85.6 cm³/mol. The molecule has 0 unspecified atom stereocenters. The van der Waals surface area contributed by atoms with E-state index in [1.807, 2.05) is 54.9 Å². The molecule has 0 fully saturated rings. The van der Waals surface area contributed by atoms with Crippen LogP contribution in [0.2, 0.25) is 0 Å². The molecule has 0 aliphatic rings. The van der Waals surface area contributed by atoms with Gasteiger partial charge in [-0.15, -0.1) is 0 Å². The number of rotatable bonds is 2. The predicted octanol–water partition coefficient (Wildman–Crippen LogP) is 3.53. The second-order valence-electron chi connectivity index (χ2n) is 5.24. The van der Waals surface area contributed by atoms with Gasteiger partial charge in [-0.2, -0.15) is 0 Å². The molecule has 4 aromatic rings. The van der Waals surface area contributed by atoms with Gasteiger partial charge in [-0.05, 0) is 17.7 Å². The van der Waals surface area contributed by atoms with Crippen LogP contribution in [0.5, 0.6) is 0 Å². The van der Waals surface area contributed by atoms with Gasteiger partial charge in [0.1, 0.15) is 0 Å². The summed E-state index contributed by atoms with van der Waals surface area (Å²) in [5.41, 5.74) is 3.07. The molecule has 0 atom stereocenters. The van der Waals surface area contributed by atoms with Gasteiger partial charge in [0, 0.05) is 29.8 Å². The number of fused-ring (bicyclic) bond motifs is 2. The van der Waals surface area contributed by atoms with Gasteiger partial charge in [0.05, 0.1) is 10.9 Å². The first-order valence-corrected chi connectivity index (χ1v) is 6.96. The quantitative estimate of drug-likeness (QED) is 0.596. The van der Waals surface area contributed by atoms with Crippen molar-refractivity contribution in [2.45, 2.75) is 6.54 Å². The Hall–Kier alpha value is -2.81. The second kappa shape index (κ2) is 4.63. The van der Waals surface area contributed by atoms with Crippen LogP contribution in [0.3, 0.4) is 0 Å². The van der Waals surface area contributed by atoms with E-state index in [1.54, 1.807) is 0 Å². The molecular formula is C18H14N2O. The Kier molecular flexibility index (Phi) is 2.64. The summed E-state index contributed by atoms with van der Waals surface area (Å²) in [5.74, 6) is 0. The van der Waals surface area contributed by atoms with Crippen LogP contribution in [0.15, 0.2) is 71.8 Å². The zero-order chi connectivity index (χ0) is 14.2. The SMILES string of the molecule is O=c1c2ccccc2[nH]c2cn(Cc3ccccc3)cc12. The lowest BCUT2D eigenvalue weighted by molar-refractivity contribution is 0.809. The maximum Gasteiger partial charge on any atom is 0.198 e. The van der Waals surface area contributed by atoms with Gasteiger partial charge in [0.15, 0.2) is 5.43 Å². The third-order valence-electron chi connectivity index (χ3n) is 3.77. The van der Waals surface area contributed by atoms with E-state index in [1.165, 1.54) is 5.56 Å². The molecule has 1 N–H and O–H groups in total. The molecule has 0 amide bonds. The van der Waals surface area contributed by atoms with Crippen LogP contribution in [-0.4, -0.2) is 9.55 Å². The van der Waals surface area contributed by atoms with Gasteiger partial charge in [0.25, 0.3) is 0 Å². The summed E-state index contributed by atoms with van der Waals surface area (Å²) in [6.45, 7) is 0.763. The number of para-hydroxylation sites is 1. The number of H-pyrrole nitrogens is 1. The maximum absolute atomic E-state index is 12.5. The smallest absolute Gasteiger partial charge is 0.198 e. The average Bonchev–Trinajstić information content (AvgIpc) is 2.91. The molecule has 3 nitrogen and oxygen atoms in total. The van der Waals surface area contributed by atoms with Crippen molar-refractivity contribution in [2.24, 2.45) is 0 Å². The van der Waals surface area contributed by atoms with Crippen molar-refractivity contribution >= 4 is 21.8 Å². The van der Waals surface area contributed by atoms with Crippen LogP contribution < -0.4 is 5.43 Å². The molecule has 102 valence electrons. The third kappa shape index (κ3) is 2.03. The van der Waals surface area contributed by atoms with Gasteiger partial charge in [-0.3, -0.25) is 4.79 Å². The fraction of sp³-hybridized carbons (Fsp3) is 0.0556. The minimum atomic E-state index is 0.0890. The van der Waals surface area contributed by atoms with E-state index >= 15 is 0 Å². The fourth-order valence-electron chi connectivity index (χ4n) is 2.75. The summed E-state index contributed by atoms with van der Waals surface area (Å²) in [6.07, 6.45) is 3.92. The molecule has 21 heavy (non-hydrogen) atoms. The van der Waals surface area contributed by atoms with Crippen LogP contribution >= 0.6 is 0 Å². The summed E-state index contributed by atoms with van der Waals surface area (Å²) < 4.78 is 2.05. The van der Waals surface area contributed by atoms with Gasteiger partial charge >= 0.3 is 0 Å². The lowest BCUT2D eigenvalue weighted by atomic mass is 10.2. The highest BCUT2D eigenvalue weighted by Crippen LogP contribution is 2.16. The van der Waals surface area contributed by atoms with Crippen LogP contribution in [0.4, 0.5) is 0 Å². The van der Waals surface area contributed by atoms with Crippen molar-refractivity contribution in [3.63, 3.8) is 0 Å². The van der Waals surface area contributed by atoms with Gasteiger partial charge in [-0.1, -0.05) is 42.5 Å². The molecule has 2 aromatic heterocycles. The van der Waals surface area contributed by atoms with Crippen LogP contribution in [-0.2, 0) is 6.54 Å². The molecule has 0 aliphatic carbocycles. The van der Waals surface area contributed by atoms with Crippen molar-refractivity contribution in [1.29, 1.82) is 0 Å². The van der Waals surface area contributed by atoms with E-state index < -0.39 is 0 Å². The van der Waals surface area contributed by atoms with Crippen molar-refractivity contribution in [3.05, 3.63) is 82.8 Å². The van der Waals surface area contributed by atoms with E-state index in [-0.39, 0.29) is 5.43 Å². The number of aromatic nitrogens is 2. The Morgan fingerprint density at radius 1 is 0.810 bits per heavy atom. The molecule has 3 heteroatoms. The average molecular weight is 274 g/mol. The molecule has 0 saturated carbocycles. The standard InChI is InChI=1S/C18H14N2O/c21-18-14-8-4-5-9-16(14)19-17-12-20(11-15(17)18)10-13-6-2-1-3-7-13/h1-9,11-12,19H,10H2. The molecule has 0 saturated heterocycles. The van der Waals surface area contributed by atoms with Crippen LogP contribution in [0, 0.1) is 0 Å². The van der Waals surface area contributed by atoms with Crippen molar-refractivity contribution in [2.75, 3.05) is 0 Å². The lowest BCUT2D eigenvalue weighted by Gasteiger charge is -2.01. The summed E-state index contributed by atoms with van der Waals surface area (Å²) >= 11 is 0. The molecular weight excluding hydrogens is 260 g/mol. The minimum absolute atomic E-state index is 0.0890. The Morgan fingerprint density at radius 3 is 2.43 bits per heavy atom.